The molecule has 4 rings (SSSR count). The third-order valence-electron chi connectivity index (χ3n) is 3.35. The van der Waals surface area contributed by atoms with Crippen LogP contribution in [0.15, 0.2) is 12.5 Å². The first-order chi connectivity index (χ1) is 8.64. The summed E-state index contributed by atoms with van der Waals surface area (Å²) in [6.07, 6.45) is 4.36. The van der Waals surface area contributed by atoms with E-state index in [1.165, 1.54) is 10.4 Å². The van der Waals surface area contributed by atoms with Crippen LogP contribution in [0.1, 0.15) is 24.3 Å². The number of nitrogens with zero attached hydrogens (tertiary/aromatic N) is 4. The van der Waals surface area contributed by atoms with Gasteiger partial charge in [-0.3, -0.25) is 0 Å². The van der Waals surface area contributed by atoms with Gasteiger partial charge in [0.2, 0.25) is 0 Å². The van der Waals surface area contributed by atoms with Gasteiger partial charge in [0.25, 0.3) is 0 Å². The number of aromatic nitrogens is 4. The molecule has 0 atom stereocenters. The predicted octanol–water partition coefficient (Wildman–Crippen LogP) is 2.19. The molecule has 4 heterocycles. The van der Waals surface area contributed by atoms with Crippen molar-refractivity contribution >= 4 is 27.1 Å². The minimum Gasteiger partial charge on any atom is -0.370 e. The summed E-state index contributed by atoms with van der Waals surface area (Å²) in [5.41, 5.74) is 2.03. The fraction of sp³-hybridized carbons (Fsp3) is 0.417. The molecule has 18 heavy (non-hydrogen) atoms. The van der Waals surface area contributed by atoms with E-state index in [1.54, 1.807) is 22.3 Å². The predicted molar refractivity (Wildman–Crippen MR) is 68.7 cm³/mol. The highest BCUT2D eigenvalue weighted by atomic mass is 32.1. The Morgan fingerprint density at radius 1 is 1.39 bits per heavy atom. The van der Waals surface area contributed by atoms with Crippen molar-refractivity contribution in [1.82, 2.24) is 19.8 Å². The van der Waals surface area contributed by atoms with Crippen molar-refractivity contribution in [3.63, 3.8) is 0 Å². The summed E-state index contributed by atoms with van der Waals surface area (Å²) in [7, 11) is 0. The van der Waals surface area contributed by atoms with Gasteiger partial charge < -0.3 is 4.74 Å². The van der Waals surface area contributed by atoms with Crippen molar-refractivity contribution in [2.24, 2.45) is 0 Å². The van der Waals surface area contributed by atoms with Gasteiger partial charge in [-0.05, 0) is 13.8 Å². The Morgan fingerprint density at radius 2 is 2.28 bits per heavy atom. The third kappa shape index (κ3) is 1.33. The van der Waals surface area contributed by atoms with Crippen molar-refractivity contribution in [1.29, 1.82) is 0 Å². The molecule has 0 fully saturated rings. The molecule has 0 amide bonds. The third-order valence-corrected chi connectivity index (χ3v) is 4.60. The Kier molecular flexibility index (Phi) is 1.89. The molecule has 3 aromatic rings. The summed E-state index contributed by atoms with van der Waals surface area (Å²) in [6, 6.07) is 0. The number of rotatable bonds is 0. The standard InChI is InChI=1S/C12H12N4OS/c1-12(2)3-9-8(5-17-12)7-4-14-16-11(10(7)18-9)13-6-15-16/h4,6H,3,5H2,1-2H3. The lowest BCUT2D eigenvalue weighted by Crippen LogP contribution is -2.30. The van der Waals surface area contributed by atoms with Crippen LogP contribution in [0.25, 0.3) is 15.7 Å². The topological polar surface area (TPSA) is 52.3 Å². The first-order valence-corrected chi connectivity index (χ1v) is 6.69. The van der Waals surface area contributed by atoms with Crippen molar-refractivity contribution in [3.8, 4) is 0 Å². The molecule has 5 nitrogen and oxygen atoms in total. The molecule has 0 N–H and O–H groups in total. The Balaban J connectivity index is 2.05. The normalized spacial score (nSPS) is 18.3. The van der Waals surface area contributed by atoms with E-state index < -0.39 is 0 Å². The Hall–Kier alpha value is -1.53. The summed E-state index contributed by atoms with van der Waals surface area (Å²) >= 11 is 1.79. The molecule has 3 aromatic heterocycles. The minimum atomic E-state index is -0.0781. The molecule has 1 aliphatic rings. The Bertz CT molecular complexity index is 758. The quantitative estimate of drug-likeness (QED) is 0.621. The van der Waals surface area contributed by atoms with Gasteiger partial charge in [-0.15, -0.1) is 21.1 Å². The van der Waals surface area contributed by atoms with E-state index in [2.05, 4.69) is 29.0 Å². The lowest BCUT2D eigenvalue weighted by molar-refractivity contribution is -0.0382. The zero-order valence-corrected chi connectivity index (χ0v) is 11.0. The molecule has 1 aliphatic heterocycles. The van der Waals surface area contributed by atoms with Crippen LogP contribution >= 0.6 is 11.3 Å². The molecular weight excluding hydrogens is 248 g/mol. The molecule has 6 heteroatoms. The number of hydrogen-bond acceptors (Lipinski definition) is 5. The molecule has 0 bridgehead atoms. The number of hydrogen-bond donors (Lipinski definition) is 0. The second-order valence-electron chi connectivity index (χ2n) is 5.19. The molecule has 0 spiro atoms. The average Bonchev–Trinajstić information content (AvgIpc) is 2.88. The highest BCUT2D eigenvalue weighted by Gasteiger charge is 2.29. The van der Waals surface area contributed by atoms with E-state index >= 15 is 0 Å². The minimum absolute atomic E-state index is 0.0781. The molecule has 92 valence electrons. The second kappa shape index (κ2) is 3.27. The van der Waals surface area contributed by atoms with Crippen molar-refractivity contribution < 1.29 is 4.74 Å². The van der Waals surface area contributed by atoms with Crippen molar-refractivity contribution in [2.45, 2.75) is 32.5 Å². The maximum absolute atomic E-state index is 5.89. The maximum Gasteiger partial charge on any atom is 0.193 e. The molecule has 0 radical (unpaired) electrons. The van der Waals surface area contributed by atoms with Crippen LogP contribution in [0.4, 0.5) is 0 Å². The smallest absolute Gasteiger partial charge is 0.193 e. The maximum atomic E-state index is 5.89. The summed E-state index contributed by atoms with van der Waals surface area (Å²) in [4.78, 5) is 5.67. The highest BCUT2D eigenvalue weighted by Crippen LogP contribution is 2.39. The van der Waals surface area contributed by atoms with Crippen molar-refractivity contribution in [3.05, 3.63) is 23.0 Å². The fourth-order valence-corrected chi connectivity index (χ4v) is 3.89. The van der Waals surface area contributed by atoms with Crippen LogP contribution in [0, 0.1) is 0 Å². The first kappa shape index (κ1) is 10.4. The first-order valence-electron chi connectivity index (χ1n) is 5.87. The molecule has 0 unspecified atom stereocenters. The highest BCUT2D eigenvalue weighted by molar-refractivity contribution is 7.20. The summed E-state index contributed by atoms with van der Waals surface area (Å²) in [6.45, 7) is 4.92. The van der Waals surface area contributed by atoms with Gasteiger partial charge in [0.05, 0.1) is 23.1 Å². The number of fused-ring (bicyclic) bond motifs is 5. The van der Waals surface area contributed by atoms with E-state index in [1.807, 2.05) is 6.20 Å². The van der Waals surface area contributed by atoms with Gasteiger partial charge in [0.15, 0.2) is 5.65 Å². The van der Waals surface area contributed by atoms with Crippen LogP contribution in [-0.4, -0.2) is 25.4 Å². The van der Waals surface area contributed by atoms with Crippen LogP contribution in [-0.2, 0) is 17.8 Å². The lowest BCUT2D eigenvalue weighted by Gasteiger charge is -2.29. The van der Waals surface area contributed by atoms with E-state index in [0.717, 1.165) is 22.2 Å². The number of thiophene rings is 1. The largest absolute Gasteiger partial charge is 0.370 e. The molecule has 0 aromatic carbocycles. The summed E-state index contributed by atoms with van der Waals surface area (Å²) in [5, 5.41) is 9.51. The zero-order valence-electron chi connectivity index (χ0n) is 10.2. The van der Waals surface area contributed by atoms with Gasteiger partial charge in [-0.1, -0.05) is 0 Å². The SMILES string of the molecule is CC1(C)Cc2sc3c(cnn4ncnc34)c2CO1. The van der Waals surface area contributed by atoms with Gasteiger partial charge in [0, 0.05) is 22.2 Å². The van der Waals surface area contributed by atoms with Crippen LogP contribution in [0.3, 0.4) is 0 Å². The zero-order chi connectivity index (χ0) is 12.3. The molecular formula is C12H12N4OS. The molecule has 0 aliphatic carbocycles. The van der Waals surface area contributed by atoms with Crippen LogP contribution in [0.2, 0.25) is 0 Å². The summed E-state index contributed by atoms with van der Waals surface area (Å²) in [5.74, 6) is 0. The fourth-order valence-electron chi connectivity index (χ4n) is 2.42. The van der Waals surface area contributed by atoms with E-state index in [4.69, 9.17) is 4.74 Å². The number of ether oxygens (including phenoxy) is 1. The van der Waals surface area contributed by atoms with Crippen molar-refractivity contribution in [2.75, 3.05) is 0 Å². The average molecular weight is 260 g/mol. The Morgan fingerprint density at radius 3 is 3.17 bits per heavy atom. The monoisotopic (exact) mass is 260 g/mol. The lowest BCUT2D eigenvalue weighted by atomic mass is 9.97. The van der Waals surface area contributed by atoms with Crippen LogP contribution in [0.5, 0.6) is 0 Å². The van der Waals surface area contributed by atoms with E-state index in [-0.39, 0.29) is 5.60 Å². The summed E-state index contributed by atoms with van der Waals surface area (Å²) < 4.78 is 8.63. The van der Waals surface area contributed by atoms with Gasteiger partial charge in [-0.2, -0.15) is 5.10 Å². The van der Waals surface area contributed by atoms with E-state index in [9.17, 15) is 0 Å². The molecule has 0 saturated heterocycles. The van der Waals surface area contributed by atoms with E-state index in [0.29, 0.717) is 6.61 Å². The molecule has 0 saturated carbocycles. The van der Waals surface area contributed by atoms with Gasteiger partial charge >= 0.3 is 0 Å². The van der Waals surface area contributed by atoms with Gasteiger partial charge in [0.1, 0.15) is 6.33 Å². The second-order valence-corrected chi connectivity index (χ2v) is 6.29. The van der Waals surface area contributed by atoms with Crippen LogP contribution < -0.4 is 0 Å². The Labute approximate surface area is 107 Å². The van der Waals surface area contributed by atoms with Gasteiger partial charge in [-0.25, -0.2) is 4.98 Å².